The first kappa shape index (κ1) is 12.1. The van der Waals surface area contributed by atoms with Crippen molar-refractivity contribution in [2.24, 2.45) is 0 Å². The van der Waals surface area contributed by atoms with Crippen LogP contribution >= 0.6 is 11.8 Å². The van der Waals surface area contributed by atoms with Crippen molar-refractivity contribution in [3.05, 3.63) is 12.7 Å². The average molecular weight is 214 g/mol. The first-order valence-electron chi connectivity index (χ1n) is 5.75. The highest BCUT2D eigenvalue weighted by atomic mass is 32.2. The van der Waals surface area contributed by atoms with Gasteiger partial charge in [-0.3, -0.25) is 0 Å². The fraction of sp³-hybridized carbons (Fsp3) is 0.833. The van der Waals surface area contributed by atoms with E-state index in [0.717, 1.165) is 12.8 Å². The van der Waals surface area contributed by atoms with Gasteiger partial charge in [-0.2, -0.15) is 11.8 Å². The molecule has 1 saturated heterocycles. The molecule has 1 N–H and O–H groups in total. The topological polar surface area (TPSA) is 20.2 Å². The van der Waals surface area contributed by atoms with Gasteiger partial charge in [-0.25, -0.2) is 0 Å². The lowest BCUT2D eigenvalue weighted by atomic mass is 10.0. The van der Waals surface area contributed by atoms with E-state index >= 15 is 0 Å². The second kappa shape index (κ2) is 7.36. The fourth-order valence-corrected chi connectivity index (χ4v) is 3.24. The molecular formula is C12H22OS. The minimum Gasteiger partial charge on any atom is -0.392 e. The summed E-state index contributed by atoms with van der Waals surface area (Å²) in [5.74, 6) is 1.25. The maximum atomic E-state index is 9.86. The smallest absolute Gasteiger partial charge is 0.0658 e. The number of rotatable bonds is 7. The number of hydrogen-bond acceptors (Lipinski definition) is 2. The number of aliphatic hydroxyl groups excluding tert-OH is 1. The Kier molecular flexibility index (Phi) is 6.37. The molecule has 1 nitrogen and oxygen atoms in total. The minimum absolute atomic E-state index is 0.0498. The third-order valence-electron chi connectivity index (χ3n) is 2.80. The molecule has 1 heterocycles. The maximum absolute atomic E-state index is 9.86. The number of thioether (sulfide) groups is 1. The third-order valence-corrected chi connectivity index (χ3v) is 4.30. The van der Waals surface area contributed by atoms with Gasteiger partial charge in [0.05, 0.1) is 6.10 Å². The van der Waals surface area contributed by atoms with Crippen molar-refractivity contribution in [1.82, 2.24) is 0 Å². The van der Waals surface area contributed by atoms with Gasteiger partial charge in [-0.05, 0) is 37.9 Å². The molecule has 14 heavy (non-hydrogen) atoms. The molecule has 0 aromatic carbocycles. The molecule has 1 aliphatic heterocycles. The Morgan fingerprint density at radius 2 is 2.29 bits per heavy atom. The Morgan fingerprint density at radius 3 is 2.93 bits per heavy atom. The van der Waals surface area contributed by atoms with E-state index in [1.165, 1.54) is 37.9 Å². The van der Waals surface area contributed by atoms with Gasteiger partial charge in [0, 0.05) is 5.25 Å². The van der Waals surface area contributed by atoms with Crippen LogP contribution in [0.4, 0.5) is 0 Å². The number of hydrogen-bond donors (Lipinski definition) is 1. The zero-order valence-electron chi connectivity index (χ0n) is 8.95. The second-order valence-corrected chi connectivity index (χ2v) is 5.39. The monoisotopic (exact) mass is 214 g/mol. The molecule has 0 radical (unpaired) electrons. The van der Waals surface area contributed by atoms with Gasteiger partial charge in [0.25, 0.3) is 0 Å². The zero-order valence-corrected chi connectivity index (χ0v) is 9.77. The van der Waals surface area contributed by atoms with Gasteiger partial charge >= 0.3 is 0 Å². The Hall–Kier alpha value is 0.0500. The van der Waals surface area contributed by atoms with E-state index in [0.29, 0.717) is 5.25 Å². The van der Waals surface area contributed by atoms with Crippen molar-refractivity contribution >= 4 is 11.8 Å². The summed E-state index contributed by atoms with van der Waals surface area (Å²) in [6.07, 6.45) is 10.2. The van der Waals surface area contributed by atoms with Crippen LogP contribution in [0.1, 0.15) is 44.9 Å². The highest BCUT2D eigenvalue weighted by molar-refractivity contribution is 8.00. The fourth-order valence-electron chi connectivity index (χ4n) is 1.91. The maximum Gasteiger partial charge on any atom is 0.0658 e. The summed E-state index contributed by atoms with van der Waals surface area (Å²) in [6, 6.07) is 0. The van der Waals surface area contributed by atoms with Crippen LogP contribution in [0.3, 0.4) is 0 Å². The van der Waals surface area contributed by atoms with Crippen molar-refractivity contribution in [2.75, 3.05) is 5.75 Å². The van der Waals surface area contributed by atoms with Crippen LogP contribution in [0, 0.1) is 0 Å². The molecule has 2 unspecified atom stereocenters. The van der Waals surface area contributed by atoms with Crippen LogP contribution in [-0.4, -0.2) is 22.2 Å². The molecule has 2 heteroatoms. The highest BCUT2D eigenvalue weighted by Gasteiger charge is 2.22. The van der Waals surface area contributed by atoms with Gasteiger partial charge in [-0.1, -0.05) is 18.9 Å². The quantitative estimate of drug-likeness (QED) is 0.518. The van der Waals surface area contributed by atoms with E-state index < -0.39 is 0 Å². The molecule has 0 saturated carbocycles. The lowest BCUT2D eigenvalue weighted by Gasteiger charge is -2.16. The summed E-state index contributed by atoms with van der Waals surface area (Å²) in [5, 5.41) is 10.4. The summed E-state index contributed by atoms with van der Waals surface area (Å²) < 4.78 is 0. The van der Waals surface area contributed by atoms with Gasteiger partial charge in [0.1, 0.15) is 0 Å². The van der Waals surface area contributed by atoms with Crippen molar-refractivity contribution in [3.8, 4) is 0 Å². The molecule has 1 fully saturated rings. The molecule has 82 valence electrons. The van der Waals surface area contributed by atoms with Gasteiger partial charge in [0.2, 0.25) is 0 Å². The molecule has 0 aromatic heterocycles. The average Bonchev–Trinajstić information content (AvgIpc) is 2.70. The lowest BCUT2D eigenvalue weighted by molar-refractivity contribution is 0.156. The zero-order chi connectivity index (χ0) is 10.2. The minimum atomic E-state index is -0.0498. The van der Waals surface area contributed by atoms with E-state index in [2.05, 4.69) is 6.58 Å². The number of aliphatic hydroxyl groups is 1. The first-order valence-corrected chi connectivity index (χ1v) is 6.80. The number of allylic oxidation sites excluding steroid dienone is 1. The van der Waals surface area contributed by atoms with Gasteiger partial charge in [-0.15, -0.1) is 6.58 Å². The molecular weight excluding hydrogens is 192 g/mol. The second-order valence-electron chi connectivity index (χ2n) is 4.05. The van der Waals surface area contributed by atoms with E-state index in [9.17, 15) is 5.11 Å². The van der Waals surface area contributed by atoms with Crippen molar-refractivity contribution in [1.29, 1.82) is 0 Å². The van der Waals surface area contributed by atoms with E-state index in [1.54, 1.807) is 0 Å². The van der Waals surface area contributed by atoms with Gasteiger partial charge in [0.15, 0.2) is 0 Å². The van der Waals surface area contributed by atoms with Crippen molar-refractivity contribution < 1.29 is 5.11 Å². The molecule has 0 aliphatic carbocycles. The summed E-state index contributed by atoms with van der Waals surface area (Å²) in [5.41, 5.74) is 0. The lowest BCUT2D eigenvalue weighted by Crippen LogP contribution is -2.20. The van der Waals surface area contributed by atoms with E-state index in [1.807, 2.05) is 17.8 Å². The predicted octanol–water partition coefficient (Wildman–Crippen LogP) is 3.38. The van der Waals surface area contributed by atoms with Crippen LogP contribution in [0.5, 0.6) is 0 Å². The summed E-state index contributed by atoms with van der Waals surface area (Å²) in [6.45, 7) is 3.70. The Morgan fingerprint density at radius 1 is 1.43 bits per heavy atom. The first-order chi connectivity index (χ1) is 6.84. The van der Waals surface area contributed by atoms with E-state index in [-0.39, 0.29) is 6.10 Å². The van der Waals surface area contributed by atoms with Crippen LogP contribution in [0.2, 0.25) is 0 Å². The normalized spacial score (nSPS) is 23.6. The molecule has 0 bridgehead atoms. The SMILES string of the molecule is C=CCCCCCC(O)C1CCCS1. The molecule has 0 amide bonds. The third kappa shape index (κ3) is 4.52. The standard InChI is InChI=1S/C12H22OS/c1-2-3-4-5-6-8-11(13)12-9-7-10-14-12/h2,11-13H,1,3-10H2. The summed E-state index contributed by atoms with van der Waals surface area (Å²) in [4.78, 5) is 0. The van der Waals surface area contributed by atoms with Crippen molar-refractivity contribution in [3.63, 3.8) is 0 Å². The Labute approximate surface area is 92.0 Å². The van der Waals surface area contributed by atoms with Crippen LogP contribution < -0.4 is 0 Å². The largest absolute Gasteiger partial charge is 0.392 e. The molecule has 0 spiro atoms. The Bertz CT molecular complexity index is 152. The highest BCUT2D eigenvalue weighted by Crippen LogP contribution is 2.30. The summed E-state index contributed by atoms with van der Waals surface area (Å²) >= 11 is 1.95. The van der Waals surface area contributed by atoms with E-state index in [4.69, 9.17) is 0 Å². The van der Waals surface area contributed by atoms with Crippen LogP contribution in [-0.2, 0) is 0 Å². The molecule has 1 aliphatic rings. The van der Waals surface area contributed by atoms with Crippen LogP contribution in [0.15, 0.2) is 12.7 Å². The molecule has 0 aromatic rings. The molecule has 1 rings (SSSR count). The summed E-state index contributed by atoms with van der Waals surface area (Å²) in [7, 11) is 0. The Balaban J connectivity index is 1.96. The predicted molar refractivity (Wildman–Crippen MR) is 64.8 cm³/mol. The molecule has 2 atom stereocenters. The number of unbranched alkanes of at least 4 members (excludes halogenated alkanes) is 3. The van der Waals surface area contributed by atoms with Crippen molar-refractivity contribution in [2.45, 2.75) is 56.3 Å². The van der Waals surface area contributed by atoms with Crippen LogP contribution in [0.25, 0.3) is 0 Å². The van der Waals surface area contributed by atoms with Gasteiger partial charge < -0.3 is 5.11 Å².